The molecule has 0 aliphatic rings. The minimum absolute atomic E-state index is 0. The van der Waals surface area contributed by atoms with Gasteiger partial charge in [-0.05, 0) is 0 Å². The Morgan fingerprint density at radius 3 is 1.25 bits per heavy atom. The Bertz CT molecular complexity index is 11.9. The molecule has 0 nitrogen and oxygen atoms in total. The first-order valence-electron chi connectivity index (χ1n) is 2.71. The fourth-order valence-electron chi connectivity index (χ4n) is 0.177. The Balaban J connectivity index is -0.0000000750. The van der Waals surface area contributed by atoms with Crippen molar-refractivity contribution in [2.75, 3.05) is 0 Å². The molecule has 0 bridgehead atoms. The first-order chi connectivity index (χ1) is 3.41. The number of hydrogen-bond donors (Lipinski definition) is 0. The van der Waals surface area contributed by atoms with Crippen molar-refractivity contribution < 1.29 is 18.6 Å². The molecule has 0 aromatic heterocycles. The van der Waals surface area contributed by atoms with E-state index < -0.39 is 0 Å². The van der Waals surface area contributed by atoms with Crippen LogP contribution in [-0.4, -0.2) is 0 Å². The minimum atomic E-state index is 0. The molecule has 0 heterocycles. The van der Waals surface area contributed by atoms with Crippen molar-refractivity contribution >= 4 is 0 Å². The molecule has 1 radical (unpaired) electrons. The van der Waals surface area contributed by atoms with Gasteiger partial charge in [-0.3, -0.25) is 0 Å². The predicted molar refractivity (Wildman–Crippen MR) is 35.6 cm³/mol. The summed E-state index contributed by atoms with van der Waals surface area (Å²) in [5.41, 5.74) is 0. The second-order valence-corrected chi connectivity index (χ2v) is 1.06. The average molecular weight is 150 g/mol. The molecular formula is C7H15V-3. The van der Waals surface area contributed by atoms with Crippen molar-refractivity contribution in [3.05, 3.63) is 20.8 Å². The molecule has 0 unspecified atom stereocenters. The minimum Gasteiger partial charge on any atom is -0.346 e. The van der Waals surface area contributed by atoms with Crippen molar-refractivity contribution in [1.82, 2.24) is 0 Å². The van der Waals surface area contributed by atoms with Crippen molar-refractivity contribution in [1.29, 1.82) is 0 Å². The van der Waals surface area contributed by atoms with Gasteiger partial charge in [0.2, 0.25) is 0 Å². The van der Waals surface area contributed by atoms with Crippen LogP contribution in [0.3, 0.4) is 0 Å². The van der Waals surface area contributed by atoms with Gasteiger partial charge in [0, 0.05) is 18.6 Å². The molecule has 0 fully saturated rings. The van der Waals surface area contributed by atoms with Crippen LogP contribution in [-0.2, 0) is 18.6 Å². The van der Waals surface area contributed by atoms with E-state index in [9.17, 15) is 0 Å². The van der Waals surface area contributed by atoms with E-state index >= 15 is 0 Å². The van der Waals surface area contributed by atoms with E-state index in [2.05, 4.69) is 20.8 Å². The molecule has 0 aromatic rings. The summed E-state index contributed by atoms with van der Waals surface area (Å²) in [5, 5.41) is 0. The molecule has 8 heavy (non-hydrogen) atoms. The summed E-state index contributed by atoms with van der Waals surface area (Å²) in [5.74, 6) is 0. The molecule has 0 atom stereocenters. The van der Waals surface area contributed by atoms with E-state index in [1.807, 2.05) is 0 Å². The molecule has 1 heteroatoms. The predicted octanol–water partition coefficient (Wildman–Crippen LogP) is 2.66. The normalized spacial score (nSPS) is 6.00. The number of unbranched alkanes of at least 4 members (excludes halogenated alkanes) is 2. The molecule has 0 aliphatic heterocycles. The summed E-state index contributed by atoms with van der Waals surface area (Å²) >= 11 is 0. The molecule has 0 spiro atoms. The van der Waals surface area contributed by atoms with E-state index in [4.69, 9.17) is 0 Å². The summed E-state index contributed by atoms with van der Waals surface area (Å²) in [6.45, 7) is 12.3. The van der Waals surface area contributed by atoms with Crippen LogP contribution in [0.15, 0.2) is 0 Å². The monoisotopic (exact) mass is 150 g/mol. The van der Waals surface area contributed by atoms with E-state index in [1.54, 1.807) is 6.92 Å². The van der Waals surface area contributed by atoms with Gasteiger partial charge in [0.15, 0.2) is 0 Å². The van der Waals surface area contributed by atoms with Crippen molar-refractivity contribution in [2.24, 2.45) is 0 Å². The number of hydrogen-bond acceptors (Lipinski definition) is 0. The summed E-state index contributed by atoms with van der Waals surface area (Å²) in [6, 6.07) is 0. The van der Waals surface area contributed by atoms with Crippen LogP contribution in [0.4, 0.5) is 0 Å². The van der Waals surface area contributed by atoms with Crippen molar-refractivity contribution in [2.45, 2.75) is 26.2 Å². The zero-order valence-corrected chi connectivity index (χ0v) is 7.09. The first kappa shape index (κ1) is 15.8. The van der Waals surface area contributed by atoms with E-state index in [1.165, 1.54) is 6.42 Å². The summed E-state index contributed by atoms with van der Waals surface area (Å²) < 4.78 is 0. The van der Waals surface area contributed by atoms with E-state index in [0.29, 0.717) is 0 Å². The van der Waals surface area contributed by atoms with Gasteiger partial charge in [-0.25, -0.2) is 0 Å². The molecule has 0 aromatic carbocycles. The van der Waals surface area contributed by atoms with Crippen LogP contribution >= 0.6 is 0 Å². The molecule has 0 saturated carbocycles. The third-order valence-corrected chi connectivity index (χ3v) is 0.500. The SMILES string of the molecule is [CH2-]C.[CH2-]CCC[CH2-].[V]. The smallest absolute Gasteiger partial charge is 0 e. The first-order valence-corrected chi connectivity index (χ1v) is 2.71. The second-order valence-electron chi connectivity index (χ2n) is 1.06. The largest absolute Gasteiger partial charge is 0.346 e. The third-order valence-electron chi connectivity index (χ3n) is 0.500. The van der Waals surface area contributed by atoms with Gasteiger partial charge < -0.3 is 20.8 Å². The molecule has 51 valence electrons. The summed E-state index contributed by atoms with van der Waals surface area (Å²) in [4.78, 5) is 0. The van der Waals surface area contributed by atoms with Crippen molar-refractivity contribution in [3.63, 3.8) is 0 Å². The van der Waals surface area contributed by atoms with Gasteiger partial charge in [-0.1, -0.05) is 0 Å². The van der Waals surface area contributed by atoms with Gasteiger partial charge >= 0.3 is 0 Å². The van der Waals surface area contributed by atoms with Crippen LogP contribution in [0.25, 0.3) is 0 Å². The van der Waals surface area contributed by atoms with Crippen LogP contribution in [0.5, 0.6) is 0 Å². The van der Waals surface area contributed by atoms with E-state index in [-0.39, 0.29) is 18.6 Å². The Morgan fingerprint density at radius 1 is 1.00 bits per heavy atom. The zero-order chi connectivity index (χ0) is 6.12. The molecule has 0 rings (SSSR count). The molecular weight excluding hydrogens is 135 g/mol. The van der Waals surface area contributed by atoms with Crippen LogP contribution < -0.4 is 0 Å². The zero-order valence-electron chi connectivity index (χ0n) is 5.69. The van der Waals surface area contributed by atoms with Gasteiger partial charge in [0.05, 0.1) is 0 Å². The van der Waals surface area contributed by atoms with Crippen molar-refractivity contribution in [3.8, 4) is 0 Å². The topological polar surface area (TPSA) is 0 Å². The average Bonchev–Trinajstić information content (AvgIpc) is 1.75. The maximum atomic E-state index is 3.64. The van der Waals surface area contributed by atoms with Crippen LogP contribution in [0.1, 0.15) is 26.2 Å². The fraction of sp³-hybridized carbons (Fsp3) is 0.571. The molecule has 0 N–H and O–H groups in total. The van der Waals surface area contributed by atoms with Gasteiger partial charge in [0.25, 0.3) is 0 Å². The maximum absolute atomic E-state index is 3.64. The Labute approximate surface area is 65.9 Å². The van der Waals surface area contributed by atoms with Gasteiger partial charge in [-0.15, -0.1) is 6.42 Å². The maximum Gasteiger partial charge on any atom is 0 e. The number of rotatable bonds is 2. The molecule has 0 saturated heterocycles. The quantitative estimate of drug-likeness (QED) is 0.531. The standard InChI is InChI=1S/C5H10.C2H5.V/c1-3-5-4-2;1-2;/h1-5H2;1H2,2H3;/q-2;-1;. The van der Waals surface area contributed by atoms with Gasteiger partial charge in [0.1, 0.15) is 0 Å². The molecule has 0 amide bonds. The van der Waals surface area contributed by atoms with E-state index in [0.717, 1.165) is 12.8 Å². The molecule has 0 aliphatic carbocycles. The van der Waals surface area contributed by atoms with Gasteiger partial charge in [-0.2, -0.15) is 19.8 Å². The van der Waals surface area contributed by atoms with Crippen LogP contribution in [0.2, 0.25) is 0 Å². The Hall–Kier alpha value is 0.584. The second kappa shape index (κ2) is 25.6. The van der Waals surface area contributed by atoms with Crippen LogP contribution in [0, 0.1) is 20.8 Å². The fourth-order valence-corrected chi connectivity index (χ4v) is 0.177. The summed E-state index contributed by atoms with van der Waals surface area (Å²) in [6.07, 6.45) is 3.23. The summed E-state index contributed by atoms with van der Waals surface area (Å²) in [7, 11) is 0. The Kier molecular flexibility index (Phi) is 50.7. The third kappa shape index (κ3) is 30.7. The Morgan fingerprint density at radius 2 is 1.25 bits per heavy atom.